The van der Waals surface area contributed by atoms with E-state index < -0.39 is 0 Å². The molecule has 9 heteroatoms. The number of ether oxygens (including phenoxy) is 3. The summed E-state index contributed by atoms with van der Waals surface area (Å²) in [6, 6.07) is 21.2. The SMILES string of the molecule is Cc1ccc(OCc2nnc(SCC(=O)Nc3ccc4c(c3)OCO4)n2-c2ccc(C)cc2)cc1. The molecular formula is C26H24N4O4S. The first-order valence-electron chi connectivity index (χ1n) is 11.1. The number of nitrogens with one attached hydrogen (secondary N) is 1. The number of nitrogens with zero attached hydrogens (tertiary/aromatic N) is 3. The van der Waals surface area contributed by atoms with Crippen molar-refractivity contribution in [2.45, 2.75) is 25.6 Å². The normalized spacial score (nSPS) is 11.9. The van der Waals surface area contributed by atoms with E-state index in [0.717, 1.165) is 22.6 Å². The number of thioether (sulfide) groups is 1. The summed E-state index contributed by atoms with van der Waals surface area (Å²) in [7, 11) is 0. The van der Waals surface area contributed by atoms with Crippen LogP contribution in [-0.4, -0.2) is 33.2 Å². The summed E-state index contributed by atoms with van der Waals surface area (Å²) >= 11 is 1.31. The Hall–Kier alpha value is -3.98. The number of hydrogen-bond acceptors (Lipinski definition) is 7. The molecule has 0 bridgehead atoms. The smallest absolute Gasteiger partial charge is 0.234 e. The lowest BCUT2D eigenvalue weighted by atomic mass is 10.2. The van der Waals surface area contributed by atoms with Gasteiger partial charge in [-0.2, -0.15) is 0 Å². The molecule has 0 aliphatic carbocycles. The molecular weight excluding hydrogens is 464 g/mol. The molecule has 0 fully saturated rings. The highest BCUT2D eigenvalue weighted by Gasteiger charge is 2.18. The van der Waals surface area contributed by atoms with Gasteiger partial charge in [0.1, 0.15) is 12.4 Å². The summed E-state index contributed by atoms with van der Waals surface area (Å²) in [6.45, 7) is 4.50. The average Bonchev–Trinajstić information content (AvgIpc) is 3.49. The van der Waals surface area contributed by atoms with Crippen molar-refractivity contribution in [3.63, 3.8) is 0 Å². The summed E-state index contributed by atoms with van der Waals surface area (Å²) in [5.74, 6) is 2.69. The van der Waals surface area contributed by atoms with Gasteiger partial charge in [0.15, 0.2) is 22.5 Å². The van der Waals surface area contributed by atoms with Gasteiger partial charge in [0, 0.05) is 17.4 Å². The molecule has 0 saturated carbocycles. The number of fused-ring (bicyclic) bond motifs is 1. The van der Waals surface area contributed by atoms with Crippen LogP contribution in [0.4, 0.5) is 5.69 Å². The Bertz CT molecular complexity index is 1340. The van der Waals surface area contributed by atoms with E-state index in [1.54, 1.807) is 18.2 Å². The van der Waals surface area contributed by atoms with Gasteiger partial charge >= 0.3 is 0 Å². The summed E-state index contributed by atoms with van der Waals surface area (Å²) in [5, 5.41) is 12.2. The second kappa shape index (κ2) is 10.1. The molecule has 1 aliphatic rings. The molecule has 1 aromatic heterocycles. The maximum Gasteiger partial charge on any atom is 0.234 e. The van der Waals surface area contributed by atoms with Crippen molar-refractivity contribution in [1.82, 2.24) is 14.8 Å². The van der Waals surface area contributed by atoms with Crippen LogP contribution in [0.5, 0.6) is 17.2 Å². The number of rotatable bonds is 8. The number of carbonyl (C=O) groups excluding carboxylic acids is 1. The van der Waals surface area contributed by atoms with Gasteiger partial charge in [-0.05, 0) is 50.2 Å². The molecule has 2 heterocycles. The third-order valence-electron chi connectivity index (χ3n) is 5.37. The predicted octanol–water partition coefficient (Wildman–Crippen LogP) is 4.92. The van der Waals surface area contributed by atoms with Crippen LogP contribution in [0.3, 0.4) is 0 Å². The van der Waals surface area contributed by atoms with Gasteiger partial charge in [-0.25, -0.2) is 0 Å². The number of anilines is 1. The Morgan fingerprint density at radius 2 is 1.69 bits per heavy atom. The fourth-order valence-electron chi connectivity index (χ4n) is 3.52. The third-order valence-corrected chi connectivity index (χ3v) is 6.30. The van der Waals surface area contributed by atoms with Crippen LogP contribution in [0.25, 0.3) is 5.69 Å². The van der Waals surface area contributed by atoms with Crippen molar-refractivity contribution in [2.24, 2.45) is 0 Å². The number of hydrogen-bond donors (Lipinski definition) is 1. The Morgan fingerprint density at radius 3 is 2.46 bits per heavy atom. The van der Waals surface area contributed by atoms with E-state index in [-0.39, 0.29) is 25.1 Å². The van der Waals surface area contributed by atoms with Gasteiger partial charge < -0.3 is 19.5 Å². The lowest BCUT2D eigenvalue weighted by molar-refractivity contribution is -0.113. The first kappa shape index (κ1) is 22.8. The second-order valence-electron chi connectivity index (χ2n) is 8.08. The molecule has 1 aliphatic heterocycles. The number of carbonyl (C=O) groups is 1. The number of amides is 1. The zero-order valence-electron chi connectivity index (χ0n) is 19.4. The fourth-order valence-corrected chi connectivity index (χ4v) is 4.30. The highest BCUT2D eigenvalue weighted by molar-refractivity contribution is 7.99. The molecule has 0 saturated heterocycles. The topological polar surface area (TPSA) is 87.5 Å². The van der Waals surface area contributed by atoms with Gasteiger partial charge in [-0.3, -0.25) is 9.36 Å². The van der Waals surface area contributed by atoms with Crippen LogP contribution >= 0.6 is 11.8 Å². The second-order valence-corrected chi connectivity index (χ2v) is 9.02. The van der Waals surface area contributed by atoms with E-state index in [2.05, 4.69) is 15.5 Å². The predicted molar refractivity (Wildman–Crippen MR) is 134 cm³/mol. The Kier molecular flexibility index (Phi) is 6.58. The van der Waals surface area contributed by atoms with Crippen LogP contribution in [0.2, 0.25) is 0 Å². The highest BCUT2D eigenvalue weighted by atomic mass is 32.2. The molecule has 5 rings (SSSR count). The number of aryl methyl sites for hydroxylation is 2. The van der Waals surface area contributed by atoms with Gasteiger partial charge in [-0.15, -0.1) is 10.2 Å². The van der Waals surface area contributed by atoms with Crippen LogP contribution in [0.1, 0.15) is 17.0 Å². The molecule has 178 valence electrons. The van der Waals surface area contributed by atoms with Crippen molar-refractivity contribution in [1.29, 1.82) is 0 Å². The largest absolute Gasteiger partial charge is 0.486 e. The zero-order chi connectivity index (χ0) is 24.2. The molecule has 0 atom stereocenters. The molecule has 0 radical (unpaired) electrons. The van der Waals surface area contributed by atoms with Crippen molar-refractivity contribution >= 4 is 23.4 Å². The first-order chi connectivity index (χ1) is 17.0. The van der Waals surface area contributed by atoms with E-state index in [1.807, 2.05) is 66.9 Å². The van der Waals surface area contributed by atoms with Gasteiger partial charge in [0.05, 0.1) is 5.75 Å². The summed E-state index contributed by atoms with van der Waals surface area (Å²) in [4.78, 5) is 12.6. The summed E-state index contributed by atoms with van der Waals surface area (Å²) < 4.78 is 18.6. The van der Waals surface area contributed by atoms with E-state index in [0.29, 0.717) is 28.2 Å². The van der Waals surface area contributed by atoms with Gasteiger partial charge in [-0.1, -0.05) is 47.2 Å². The maximum absolute atomic E-state index is 12.6. The monoisotopic (exact) mass is 488 g/mol. The first-order valence-corrected chi connectivity index (χ1v) is 12.1. The fraction of sp³-hybridized carbons (Fsp3) is 0.192. The van der Waals surface area contributed by atoms with E-state index in [4.69, 9.17) is 14.2 Å². The van der Waals surface area contributed by atoms with Gasteiger partial charge in [0.25, 0.3) is 0 Å². The minimum absolute atomic E-state index is 0.162. The molecule has 35 heavy (non-hydrogen) atoms. The average molecular weight is 489 g/mol. The molecule has 8 nitrogen and oxygen atoms in total. The third kappa shape index (κ3) is 5.41. The Morgan fingerprint density at radius 1 is 0.971 bits per heavy atom. The van der Waals surface area contributed by atoms with E-state index >= 15 is 0 Å². The van der Waals surface area contributed by atoms with Crippen molar-refractivity contribution < 1.29 is 19.0 Å². The van der Waals surface area contributed by atoms with Crippen molar-refractivity contribution in [2.75, 3.05) is 17.9 Å². The maximum atomic E-state index is 12.6. The van der Waals surface area contributed by atoms with Crippen LogP contribution in [0, 0.1) is 13.8 Å². The lowest BCUT2D eigenvalue weighted by Crippen LogP contribution is -2.14. The summed E-state index contributed by atoms with van der Waals surface area (Å²) in [5.41, 5.74) is 3.86. The van der Waals surface area contributed by atoms with Gasteiger partial charge in [0.2, 0.25) is 12.7 Å². The molecule has 3 aromatic carbocycles. The molecule has 0 spiro atoms. The van der Waals surface area contributed by atoms with Crippen molar-refractivity contribution in [3.05, 3.63) is 83.7 Å². The van der Waals surface area contributed by atoms with E-state index in [9.17, 15) is 4.79 Å². The molecule has 0 unspecified atom stereocenters. The molecule has 1 amide bonds. The minimum atomic E-state index is -0.162. The lowest BCUT2D eigenvalue weighted by Gasteiger charge is -2.12. The van der Waals surface area contributed by atoms with E-state index in [1.165, 1.54) is 11.8 Å². The minimum Gasteiger partial charge on any atom is -0.486 e. The zero-order valence-corrected chi connectivity index (χ0v) is 20.2. The Balaban J connectivity index is 1.30. The number of benzene rings is 3. The Labute approximate surface area is 207 Å². The standard InChI is InChI=1S/C26H24N4O4S/c1-17-3-8-20(9-4-17)30-24(14-32-21-10-5-18(2)6-11-21)28-29-26(30)35-15-25(31)27-19-7-12-22-23(13-19)34-16-33-22/h3-13H,14-16H2,1-2H3,(H,27,31). The molecule has 4 aromatic rings. The summed E-state index contributed by atoms with van der Waals surface area (Å²) in [6.07, 6.45) is 0. The van der Waals surface area contributed by atoms with Crippen LogP contribution in [-0.2, 0) is 11.4 Å². The molecule has 1 N–H and O–H groups in total. The highest BCUT2D eigenvalue weighted by Crippen LogP contribution is 2.34. The van der Waals surface area contributed by atoms with Crippen LogP contribution < -0.4 is 19.5 Å². The quantitative estimate of drug-likeness (QED) is 0.352. The van der Waals surface area contributed by atoms with Crippen molar-refractivity contribution in [3.8, 4) is 22.9 Å². The van der Waals surface area contributed by atoms with Crippen LogP contribution in [0.15, 0.2) is 71.9 Å². The number of aromatic nitrogens is 3.